The number of nitrogens with zero attached hydrogens (tertiary/aromatic N) is 3. The Kier molecular flexibility index (Phi) is 6.43. The summed E-state index contributed by atoms with van der Waals surface area (Å²) in [7, 11) is 0. The largest absolute Gasteiger partial charge is 0.352 e. The lowest BCUT2D eigenvalue weighted by Crippen LogP contribution is -2.37. The van der Waals surface area contributed by atoms with Crippen LogP contribution in [-0.4, -0.2) is 29.3 Å². The molecule has 1 heterocycles. The zero-order valence-electron chi connectivity index (χ0n) is 13.8. The Labute approximate surface area is 129 Å². The Balaban J connectivity index is 1.92. The minimum absolute atomic E-state index is 0.656. The van der Waals surface area contributed by atoms with Crippen molar-refractivity contribution in [3.05, 3.63) is 17.8 Å². The van der Waals surface area contributed by atoms with E-state index in [0.717, 1.165) is 31.1 Å². The summed E-state index contributed by atoms with van der Waals surface area (Å²) in [5.74, 6) is 1.70. The summed E-state index contributed by atoms with van der Waals surface area (Å²) in [5.41, 5.74) is 1.03. The van der Waals surface area contributed by atoms with E-state index < -0.39 is 0 Å². The van der Waals surface area contributed by atoms with E-state index in [-0.39, 0.29) is 0 Å². The van der Waals surface area contributed by atoms with E-state index >= 15 is 0 Å². The van der Waals surface area contributed by atoms with Crippen molar-refractivity contribution >= 4 is 5.82 Å². The zero-order valence-corrected chi connectivity index (χ0v) is 13.8. The van der Waals surface area contributed by atoms with Gasteiger partial charge in [-0.2, -0.15) is 5.10 Å². The Hall–Kier alpha value is -1.16. The zero-order chi connectivity index (χ0) is 15.1. The molecule has 1 aliphatic rings. The van der Waals surface area contributed by atoms with Crippen molar-refractivity contribution in [1.29, 1.82) is 0 Å². The highest BCUT2D eigenvalue weighted by atomic mass is 15.3. The maximum Gasteiger partial charge on any atom is 0.151 e. The predicted octanol–water partition coefficient (Wildman–Crippen LogP) is 3.38. The number of aromatic nitrogens is 2. The Morgan fingerprint density at radius 1 is 1.19 bits per heavy atom. The summed E-state index contributed by atoms with van der Waals surface area (Å²) >= 11 is 0. The first-order valence-corrected chi connectivity index (χ1v) is 8.50. The number of nitrogens with one attached hydrogen (secondary N) is 1. The summed E-state index contributed by atoms with van der Waals surface area (Å²) in [6.07, 6.45) is 6.69. The maximum absolute atomic E-state index is 4.46. The van der Waals surface area contributed by atoms with Gasteiger partial charge in [0.15, 0.2) is 5.82 Å². The molecule has 21 heavy (non-hydrogen) atoms. The predicted molar refractivity (Wildman–Crippen MR) is 88.5 cm³/mol. The Bertz CT molecular complexity index is 396. The molecule has 4 heteroatoms. The minimum atomic E-state index is 0.656. The first-order chi connectivity index (χ1) is 10.2. The number of hydrogen-bond donors (Lipinski definition) is 1. The van der Waals surface area contributed by atoms with Crippen LogP contribution < -0.4 is 10.2 Å². The van der Waals surface area contributed by atoms with Gasteiger partial charge in [0.05, 0.1) is 5.69 Å². The quantitative estimate of drug-likeness (QED) is 0.836. The van der Waals surface area contributed by atoms with Crippen LogP contribution in [0.3, 0.4) is 0 Å². The van der Waals surface area contributed by atoms with Crippen molar-refractivity contribution in [3.63, 3.8) is 0 Å². The summed E-state index contributed by atoms with van der Waals surface area (Å²) < 4.78 is 0. The third-order valence-electron chi connectivity index (χ3n) is 4.21. The minimum Gasteiger partial charge on any atom is -0.352 e. The van der Waals surface area contributed by atoms with Crippen molar-refractivity contribution in [3.8, 4) is 0 Å². The molecule has 2 rings (SSSR count). The topological polar surface area (TPSA) is 41.0 Å². The van der Waals surface area contributed by atoms with Gasteiger partial charge >= 0.3 is 0 Å². The molecule has 0 spiro atoms. The second-order valence-corrected chi connectivity index (χ2v) is 6.49. The summed E-state index contributed by atoms with van der Waals surface area (Å²) in [6, 6.07) is 4.90. The molecule has 1 aliphatic carbocycles. The third kappa shape index (κ3) is 4.95. The van der Waals surface area contributed by atoms with Gasteiger partial charge in [-0.1, -0.05) is 33.1 Å². The van der Waals surface area contributed by atoms with Crippen molar-refractivity contribution in [2.75, 3.05) is 18.0 Å². The van der Waals surface area contributed by atoms with Crippen molar-refractivity contribution < 1.29 is 0 Å². The van der Waals surface area contributed by atoms with Gasteiger partial charge < -0.3 is 10.2 Å². The smallest absolute Gasteiger partial charge is 0.151 e. The summed E-state index contributed by atoms with van der Waals surface area (Å²) in [4.78, 5) is 2.43. The second-order valence-electron chi connectivity index (χ2n) is 6.49. The highest BCUT2D eigenvalue weighted by Crippen LogP contribution is 2.25. The van der Waals surface area contributed by atoms with Crippen LogP contribution >= 0.6 is 0 Å². The van der Waals surface area contributed by atoms with E-state index in [1.807, 2.05) is 0 Å². The highest BCUT2D eigenvalue weighted by molar-refractivity contribution is 5.38. The van der Waals surface area contributed by atoms with Crippen LogP contribution in [0.5, 0.6) is 0 Å². The van der Waals surface area contributed by atoms with E-state index in [0.29, 0.717) is 12.0 Å². The second kappa shape index (κ2) is 8.32. The first kappa shape index (κ1) is 16.2. The van der Waals surface area contributed by atoms with Crippen molar-refractivity contribution in [2.24, 2.45) is 5.92 Å². The number of hydrogen-bond acceptors (Lipinski definition) is 4. The Morgan fingerprint density at radius 2 is 1.95 bits per heavy atom. The summed E-state index contributed by atoms with van der Waals surface area (Å²) in [6.45, 7) is 9.49. The molecule has 0 aromatic carbocycles. The van der Waals surface area contributed by atoms with Crippen LogP contribution in [0, 0.1) is 5.92 Å². The van der Waals surface area contributed by atoms with Gasteiger partial charge in [0.1, 0.15) is 0 Å². The fourth-order valence-corrected chi connectivity index (χ4v) is 3.09. The molecule has 0 saturated heterocycles. The Morgan fingerprint density at radius 3 is 2.52 bits per heavy atom. The molecule has 1 aromatic heterocycles. The van der Waals surface area contributed by atoms with E-state index in [9.17, 15) is 0 Å². The molecule has 118 valence electrons. The van der Waals surface area contributed by atoms with Gasteiger partial charge in [-0.3, -0.25) is 0 Å². The highest BCUT2D eigenvalue weighted by Gasteiger charge is 2.21. The third-order valence-corrected chi connectivity index (χ3v) is 4.21. The lowest BCUT2D eigenvalue weighted by molar-refractivity contribution is 0.415. The van der Waals surface area contributed by atoms with Crippen LogP contribution in [0.1, 0.15) is 58.6 Å². The molecular formula is C17H30N4. The first-order valence-electron chi connectivity index (χ1n) is 8.50. The molecule has 4 nitrogen and oxygen atoms in total. The van der Waals surface area contributed by atoms with Gasteiger partial charge in [-0.15, -0.1) is 5.10 Å². The fraction of sp³-hybridized carbons (Fsp3) is 0.765. The van der Waals surface area contributed by atoms with Crippen molar-refractivity contribution in [1.82, 2.24) is 15.5 Å². The monoisotopic (exact) mass is 290 g/mol. The fourth-order valence-electron chi connectivity index (χ4n) is 3.09. The molecule has 0 unspecified atom stereocenters. The standard InChI is InChI=1S/C17H30N4/c1-4-21(16-8-6-5-7-9-16)17-11-10-15(19-20-17)13-18-12-14(2)3/h10-11,14,16,18H,4-9,12-13H2,1-3H3. The lowest BCUT2D eigenvalue weighted by Gasteiger charge is -2.34. The number of anilines is 1. The summed E-state index contributed by atoms with van der Waals surface area (Å²) in [5, 5.41) is 12.3. The van der Waals surface area contributed by atoms with Gasteiger partial charge in [0, 0.05) is 19.1 Å². The molecule has 1 N–H and O–H groups in total. The van der Waals surface area contributed by atoms with Gasteiger partial charge in [-0.25, -0.2) is 0 Å². The van der Waals surface area contributed by atoms with E-state index in [4.69, 9.17) is 0 Å². The maximum atomic E-state index is 4.46. The SMILES string of the molecule is CCN(c1ccc(CNCC(C)C)nn1)C1CCCCC1. The number of rotatable bonds is 7. The van der Waals surface area contributed by atoms with Crippen molar-refractivity contribution in [2.45, 2.75) is 65.5 Å². The van der Waals surface area contributed by atoms with E-state index in [1.54, 1.807) is 0 Å². The van der Waals surface area contributed by atoms with Crippen LogP contribution in [0.4, 0.5) is 5.82 Å². The molecule has 0 radical (unpaired) electrons. The lowest BCUT2D eigenvalue weighted by atomic mass is 9.94. The molecule has 1 saturated carbocycles. The molecule has 0 atom stereocenters. The average molecular weight is 290 g/mol. The molecule has 0 bridgehead atoms. The normalized spacial score (nSPS) is 16.4. The van der Waals surface area contributed by atoms with E-state index in [1.165, 1.54) is 32.1 Å². The van der Waals surface area contributed by atoms with Crippen LogP contribution in [0.25, 0.3) is 0 Å². The van der Waals surface area contributed by atoms with Crippen LogP contribution in [-0.2, 0) is 6.54 Å². The molecule has 1 aromatic rings. The van der Waals surface area contributed by atoms with Gasteiger partial charge in [0.25, 0.3) is 0 Å². The molecule has 0 amide bonds. The molecule has 1 fully saturated rings. The molecule has 0 aliphatic heterocycles. The average Bonchev–Trinajstić information content (AvgIpc) is 2.50. The van der Waals surface area contributed by atoms with E-state index in [2.05, 4.69) is 53.3 Å². The van der Waals surface area contributed by atoms with Gasteiger partial charge in [0.2, 0.25) is 0 Å². The molecular weight excluding hydrogens is 260 g/mol. The van der Waals surface area contributed by atoms with Crippen LogP contribution in [0.2, 0.25) is 0 Å². The van der Waals surface area contributed by atoms with Gasteiger partial charge in [-0.05, 0) is 44.4 Å². The van der Waals surface area contributed by atoms with Crippen LogP contribution in [0.15, 0.2) is 12.1 Å².